The molecule has 1 aliphatic heterocycles. The van der Waals surface area contributed by atoms with Crippen LogP contribution in [0.1, 0.15) is 24.8 Å². The standard InChI is InChI=1S/C15H23BrN2O/c1-17-12-13-5-6-15(14(16)11-13)19-10-4-9-18-7-2-3-8-18/h5-6,11,17H,2-4,7-10,12H2,1H3. The number of rotatable bonds is 7. The van der Waals surface area contributed by atoms with Crippen LogP contribution in [-0.4, -0.2) is 38.2 Å². The quantitative estimate of drug-likeness (QED) is 0.779. The molecular weight excluding hydrogens is 304 g/mol. The Morgan fingerprint density at radius 1 is 1.32 bits per heavy atom. The topological polar surface area (TPSA) is 24.5 Å². The van der Waals surface area contributed by atoms with Crippen molar-refractivity contribution in [2.24, 2.45) is 0 Å². The SMILES string of the molecule is CNCc1ccc(OCCCN2CCCC2)c(Br)c1. The molecule has 0 saturated carbocycles. The monoisotopic (exact) mass is 326 g/mol. The Morgan fingerprint density at radius 2 is 2.11 bits per heavy atom. The fourth-order valence-electron chi connectivity index (χ4n) is 2.45. The van der Waals surface area contributed by atoms with E-state index in [0.717, 1.165) is 36.3 Å². The molecule has 106 valence electrons. The molecule has 1 aromatic rings. The summed E-state index contributed by atoms with van der Waals surface area (Å²) in [5.74, 6) is 0.946. The first-order valence-corrected chi connectivity index (χ1v) is 7.87. The van der Waals surface area contributed by atoms with Crippen LogP contribution in [0.5, 0.6) is 5.75 Å². The van der Waals surface area contributed by atoms with Crippen LogP contribution in [0.25, 0.3) is 0 Å². The van der Waals surface area contributed by atoms with Gasteiger partial charge in [-0.3, -0.25) is 0 Å². The molecular formula is C15H23BrN2O. The first-order valence-electron chi connectivity index (χ1n) is 7.08. The van der Waals surface area contributed by atoms with E-state index < -0.39 is 0 Å². The summed E-state index contributed by atoms with van der Waals surface area (Å²) in [6.07, 6.45) is 3.82. The second kappa shape index (κ2) is 7.88. The highest BCUT2D eigenvalue weighted by molar-refractivity contribution is 9.10. The summed E-state index contributed by atoms with van der Waals surface area (Å²) >= 11 is 3.57. The van der Waals surface area contributed by atoms with E-state index >= 15 is 0 Å². The van der Waals surface area contributed by atoms with Crippen molar-refractivity contribution in [3.63, 3.8) is 0 Å². The molecule has 0 aromatic heterocycles. The largest absolute Gasteiger partial charge is 0.492 e. The lowest BCUT2D eigenvalue weighted by Gasteiger charge is -2.15. The predicted octanol–water partition coefficient (Wildman–Crippen LogP) is 3.03. The Bertz CT molecular complexity index is 392. The van der Waals surface area contributed by atoms with Gasteiger partial charge in [0.1, 0.15) is 5.75 Å². The Hall–Kier alpha value is -0.580. The van der Waals surface area contributed by atoms with E-state index in [1.165, 1.54) is 31.5 Å². The summed E-state index contributed by atoms with van der Waals surface area (Å²) in [6.45, 7) is 5.37. The van der Waals surface area contributed by atoms with Gasteiger partial charge in [-0.2, -0.15) is 0 Å². The number of hydrogen-bond donors (Lipinski definition) is 1. The second-order valence-corrected chi connectivity index (χ2v) is 5.90. The molecule has 1 heterocycles. The first kappa shape index (κ1) is 14.8. The zero-order valence-electron chi connectivity index (χ0n) is 11.6. The average molecular weight is 327 g/mol. The number of ether oxygens (including phenoxy) is 1. The van der Waals surface area contributed by atoms with E-state index in [1.807, 2.05) is 13.1 Å². The van der Waals surface area contributed by atoms with E-state index in [2.05, 4.69) is 38.3 Å². The highest BCUT2D eigenvalue weighted by atomic mass is 79.9. The molecule has 0 radical (unpaired) electrons. The van der Waals surface area contributed by atoms with Crippen LogP contribution in [0.15, 0.2) is 22.7 Å². The lowest BCUT2D eigenvalue weighted by Crippen LogP contribution is -2.21. The minimum Gasteiger partial charge on any atom is -0.492 e. The fourth-order valence-corrected chi connectivity index (χ4v) is 2.99. The molecule has 1 saturated heterocycles. The van der Waals surface area contributed by atoms with Crippen LogP contribution in [0, 0.1) is 0 Å². The van der Waals surface area contributed by atoms with Crippen molar-refractivity contribution in [2.45, 2.75) is 25.8 Å². The maximum atomic E-state index is 5.84. The van der Waals surface area contributed by atoms with E-state index in [9.17, 15) is 0 Å². The normalized spacial score (nSPS) is 15.9. The van der Waals surface area contributed by atoms with Gasteiger partial charge in [-0.15, -0.1) is 0 Å². The van der Waals surface area contributed by atoms with Crippen LogP contribution < -0.4 is 10.1 Å². The molecule has 0 amide bonds. The highest BCUT2D eigenvalue weighted by Crippen LogP contribution is 2.26. The Labute approximate surface area is 124 Å². The van der Waals surface area contributed by atoms with Crippen molar-refractivity contribution < 1.29 is 4.74 Å². The third kappa shape index (κ3) is 4.79. The summed E-state index contributed by atoms with van der Waals surface area (Å²) < 4.78 is 6.88. The van der Waals surface area contributed by atoms with Gasteiger partial charge in [-0.1, -0.05) is 6.07 Å². The van der Waals surface area contributed by atoms with Crippen molar-refractivity contribution in [2.75, 3.05) is 33.3 Å². The molecule has 19 heavy (non-hydrogen) atoms. The summed E-state index contributed by atoms with van der Waals surface area (Å²) in [5.41, 5.74) is 1.26. The fraction of sp³-hybridized carbons (Fsp3) is 0.600. The van der Waals surface area contributed by atoms with Gasteiger partial charge in [0.25, 0.3) is 0 Å². The maximum absolute atomic E-state index is 5.84. The molecule has 1 N–H and O–H groups in total. The van der Waals surface area contributed by atoms with E-state index in [4.69, 9.17) is 4.74 Å². The molecule has 1 aromatic carbocycles. The molecule has 3 nitrogen and oxygen atoms in total. The summed E-state index contributed by atoms with van der Waals surface area (Å²) in [7, 11) is 1.96. The van der Waals surface area contributed by atoms with Crippen molar-refractivity contribution >= 4 is 15.9 Å². The summed E-state index contributed by atoms with van der Waals surface area (Å²) in [4.78, 5) is 2.52. The smallest absolute Gasteiger partial charge is 0.133 e. The molecule has 4 heteroatoms. The average Bonchev–Trinajstić information content (AvgIpc) is 2.90. The third-order valence-corrected chi connectivity index (χ3v) is 4.07. The minimum absolute atomic E-state index is 0.792. The van der Waals surface area contributed by atoms with E-state index in [-0.39, 0.29) is 0 Å². The molecule has 0 unspecified atom stereocenters. The lowest BCUT2D eigenvalue weighted by atomic mass is 10.2. The first-order chi connectivity index (χ1) is 9.29. The van der Waals surface area contributed by atoms with Gasteiger partial charge in [0, 0.05) is 13.1 Å². The van der Waals surface area contributed by atoms with Gasteiger partial charge in [0.2, 0.25) is 0 Å². The van der Waals surface area contributed by atoms with Crippen LogP contribution in [0.4, 0.5) is 0 Å². The van der Waals surface area contributed by atoms with Crippen molar-refractivity contribution in [3.05, 3.63) is 28.2 Å². The molecule has 0 aliphatic carbocycles. The highest BCUT2D eigenvalue weighted by Gasteiger charge is 2.10. The molecule has 0 spiro atoms. The van der Waals surface area contributed by atoms with Crippen molar-refractivity contribution in [3.8, 4) is 5.75 Å². The lowest BCUT2D eigenvalue weighted by molar-refractivity contribution is 0.262. The van der Waals surface area contributed by atoms with Crippen LogP contribution in [-0.2, 0) is 6.54 Å². The summed E-state index contributed by atoms with van der Waals surface area (Å²) in [6, 6.07) is 6.27. The molecule has 0 bridgehead atoms. The number of likely N-dealkylation sites (tertiary alicyclic amines) is 1. The second-order valence-electron chi connectivity index (χ2n) is 5.05. The Balaban J connectivity index is 1.72. The number of nitrogens with one attached hydrogen (secondary N) is 1. The Morgan fingerprint density at radius 3 is 2.79 bits per heavy atom. The minimum atomic E-state index is 0.792. The van der Waals surface area contributed by atoms with Crippen LogP contribution in [0.3, 0.4) is 0 Å². The van der Waals surface area contributed by atoms with Gasteiger partial charge in [-0.25, -0.2) is 0 Å². The predicted molar refractivity (Wildman–Crippen MR) is 82.7 cm³/mol. The van der Waals surface area contributed by atoms with Crippen molar-refractivity contribution in [1.29, 1.82) is 0 Å². The number of nitrogens with zero attached hydrogens (tertiary/aromatic N) is 1. The number of halogens is 1. The molecule has 2 rings (SSSR count). The van der Waals surface area contributed by atoms with Gasteiger partial charge in [0.05, 0.1) is 11.1 Å². The van der Waals surface area contributed by atoms with Gasteiger partial charge >= 0.3 is 0 Å². The molecule has 1 fully saturated rings. The zero-order valence-corrected chi connectivity index (χ0v) is 13.2. The van der Waals surface area contributed by atoms with E-state index in [0.29, 0.717) is 0 Å². The molecule has 1 aliphatic rings. The van der Waals surface area contributed by atoms with Gasteiger partial charge < -0.3 is 15.0 Å². The van der Waals surface area contributed by atoms with Crippen LogP contribution in [0.2, 0.25) is 0 Å². The number of benzene rings is 1. The number of hydrogen-bond acceptors (Lipinski definition) is 3. The van der Waals surface area contributed by atoms with Gasteiger partial charge in [0.15, 0.2) is 0 Å². The zero-order chi connectivity index (χ0) is 13.5. The van der Waals surface area contributed by atoms with Crippen molar-refractivity contribution in [1.82, 2.24) is 10.2 Å². The van der Waals surface area contributed by atoms with Crippen LogP contribution >= 0.6 is 15.9 Å². The third-order valence-electron chi connectivity index (χ3n) is 3.45. The Kier molecular flexibility index (Phi) is 6.14. The van der Waals surface area contributed by atoms with E-state index in [1.54, 1.807) is 0 Å². The van der Waals surface area contributed by atoms with Gasteiger partial charge in [-0.05, 0) is 73.0 Å². The molecule has 0 atom stereocenters. The summed E-state index contributed by atoms with van der Waals surface area (Å²) in [5, 5.41) is 3.15. The maximum Gasteiger partial charge on any atom is 0.133 e.